The zero-order valence-corrected chi connectivity index (χ0v) is 17.7. The van der Waals surface area contributed by atoms with E-state index in [1.165, 1.54) is 9.13 Å². The van der Waals surface area contributed by atoms with Crippen molar-refractivity contribution < 1.29 is 4.42 Å². The Hall–Kier alpha value is -3.32. The predicted octanol–water partition coefficient (Wildman–Crippen LogP) is 4.02. The average molecular weight is 425 g/mol. The van der Waals surface area contributed by atoms with Gasteiger partial charge in [0, 0.05) is 30.7 Å². The van der Waals surface area contributed by atoms with Gasteiger partial charge in [0.15, 0.2) is 11.2 Å². The zero-order valence-electron chi connectivity index (χ0n) is 16.9. The largest absolute Gasteiger partial charge is 0.457 e. The van der Waals surface area contributed by atoms with Gasteiger partial charge in [-0.25, -0.2) is 9.78 Å². The molecule has 0 N–H and O–H groups in total. The number of aryl methyl sites for hydroxylation is 2. The van der Waals surface area contributed by atoms with Crippen molar-refractivity contribution >= 4 is 34.9 Å². The van der Waals surface area contributed by atoms with E-state index < -0.39 is 0 Å². The molecular weight excluding hydrogens is 404 g/mol. The molecule has 0 aliphatic carbocycles. The molecule has 8 heteroatoms. The Balaban J connectivity index is 1.74. The number of aromatic nitrogens is 4. The molecule has 1 aromatic carbocycles. The first kappa shape index (κ1) is 20.0. The number of furan rings is 1. The normalized spacial score (nSPS) is 11.7. The first-order valence-corrected chi connectivity index (χ1v) is 10.1. The van der Waals surface area contributed by atoms with Gasteiger partial charge in [-0.15, -0.1) is 0 Å². The van der Waals surface area contributed by atoms with E-state index in [0.717, 1.165) is 11.3 Å². The van der Waals surface area contributed by atoms with Gasteiger partial charge in [-0.3, -0.25) is 13.9 Å². The highest BCUT2D eigenvalue weighted by Crippen LogP contribution is 2.24. The van der Waals surface area contributed by atoms with Crippen molar-refractivity contribution in [2.45, 2.75) is 26.9 Å². The molecule has 0 aliphatic rings. The predicted molar refractivity (Wildman–Crippen MR) is 119 cm³/mol. The molecule has 0 spiro atoms. The highest BCUT2D eigenvalue weighted by atomic mass is 35.5. The maximum absolute atomic E-state index is 12.8. The minimum atomic E-state index is -0.343. The lowest BCUT2D eigenvalue weighted by Gasteiger charge is -2.07. The molecule has 0 amide bonds. The van der Waals surface area contributed by atoms with Gasteiger partial charge in [-0.2, -0.15) is 0 Å². The van der Waals surface area contributed by atoms with Crippen molar-refractivity contribution in [1.82, 2.24) is 18.7 Å². The standard InChI is InChI=1S/C22H21ClN4O3/c1-4-26-20-19(21(28)27(5-2)22(26)29)25(3)18(24-20)13-11-16-10-12-17(30-16)14-6-8-15(23)9-7-14/h6-13H,4-5H2,1-3H3. The Bertz CT molecular complexity index is 1370. The van der Waals surface area contributed by atoms with Crippen LogP contribution in [0.3, 0.4) is 0 Å². The minimum absolute atomic E-state index is 0.309. The summed E-state index contributed by atoms with van der Waals surface area (Å²) in [6.07, 6.45) is 3.55. The molecule has 3 aromatic heterocycles. The van der Waals surface area contributed by atoms with Crippen LogP contribution in [0.5, 0.6) is 0 Å². The minimum Gasteiger partial charge on any atom is -0.457 e. The van der Waals surface area contributed by atoms with Gasteiger partial charge >= 0.3 is 5.69 Å². The summed E-state index contributed by atoms with van der Waals surface area (Å²) in [5, 5.41) is 0.667. The number of nitrogens with zero attached hydrogens (tertiary/aromatic N) is 4. The van der Waals surface area contributed by atoms with Gasteiger partial charge < -0.3 is 8.98 Å². The second kappa shape index (κ2) is 7.84. The molecule has 0 fully saturated rings. The third kappa shape index (κ3) is 3.31. The summed E-state index contributed by atoms with van der Waals surface area (Å²) in [7, 11) is 1.77. The smallest absolute Gasteiger partial charge is 0.332 e. The van der Waals surface area contributed by atoms with Crippen LogP contribution in [0.2, 0.25) is 5.02 Å². The molecule has 3 heterocycles. The van der Waals surface area contributed by atoms with E-state index in [2.05, 4.69) is 4.98 Å². The van der Waals surface area contributed by atoms with E-state index in [0.29, 0.717) is 40.9 Å². The van der Waals surface area contributed by atoms with Gasteiger partial charge in [0.25, 0.3) is 5.56 Å². The summed E-state index contributed by atoms with van der Waals surface area (Å²) in [4.78, 5) is 29.9. The summed E-state index contributed by atoms with van der Waals surface area (Å²) in [6.45, 7) is 4.37. The molecular formula is C22H21ClN4O3. The second-order valence-corrected chi connectivity index (χ2v) is 7.26. The van der Waals surface area contributed by atoms with Crippen molar-refractivity contribution in [1.29, 1.82) is 0 Å². The van der Waals surface area contributed by atoms with Crippen molar-refractivity contribution in [3.8, 4) is 11.3 Å². The van der Waals surface area contributed by atoms with E-state index in [4.69, 9.17) is 16.0 Å². The van der Waals surface area contributed by atoms with Crippen LogP contribution < -0.4 is 11.2 Å². The second-order valence-electron chi connectivity index (χ2n) is 6.82. The van der Waals surface area contributed by atoms with E-state index >= 15 is 0 Å². The first-order chi connectivity index (χ1) is 14.4. The van der Waals surface area contributed by atoms with Crippen LogP contribution in [0.25, 0.3) is 34.6 Å². The highest BCUT2D eigenvalue weighted by molar-refractivity contribution is 6.30. The van der Waals surface area contributed by atoms with Crippen molar-refractivity contribution in [3.63, 3.8) is 0 Å². The molecule has 0 radical (unpaired) electrons. The average Bonchev–Trinajstić information content (AvgIpc) is 3.33. The zero-order chi connectivity index (χ0) is 21.4. The number of benzene rings is 1. The SMILES string of the molecule is CCn1c(=O)c2c(nc(C=Cc3ccc(-c4ccc(Cl)cc4)o3)n2C)n(CC)c1=O. The lowest BCUT2D eigenvalue weighted by Crippen LogP contribution is -2.39. The van der Waals surface area contributed by atoms with Crippen LogP contribution in [-0.4, -0.2) is 18.7 Å². The number of imidazole rings is 1. The van der Waals surface area contributed by atoms with E-state index in [1.54, 1.807) is 30.7 Å². The molecule has 0 aliphatic heterocycles. The van der Waals surface area contributed by atoms with Crippen LogP contribution in [0, 0.1) is 0 Å². The molecule has 4 rings (SSSR count). The number of halogens is 1. The van der Waals surface area contributed by atoms with Gasteiger partial charge in [0.05, 0.1) is 0 Å². The third-order valence-electron chi connectivity index (χ3n) is 5.06. The molecule has 0 unspecified atom stereocenters. The Labute approximate surface area is 177 Å². The fraction of sp³-hybridized carbons (Fsp3) is 0.227. The van der Waals surface area contributed by atoms with Crippen molar-refractivity contribution in [3.05, 3.63) is 73.8 Å². The lowest BCUT2D eigenvalue weighted by molar-refractivity contribution is 0.572. The Morgan fingerprint density at radius 3 is 2.37 bits per heavy atom. The quantitative estimate of drug-likeness (QED) is 0.485. The Morgan fingerprint density at radius 1 is 1.00 bits per heavy atom. The van der Waals surface area contributed by atoms with Crippen LogP contribution in [0.1, 0.15) is 25.4 Å². The fourth-order valence-corrected chi connectivity index (χ4v) is 3.59. The number of fused-ring (bicyclic) bond motifs is 1. The molecule has 0 bridgehead atoms. The van der Waals surface area contributed by atoms with Crippen LogP contribution in [0.4, 0.5) is 0 Å². The first-order valence-electron chi connectivity index (χ1n) is 9.68. The Kier molecular flexibility index (Phi) is 5.22. The summed E-state index contributed by atoms with van der Waals surface area (Å²) in [6, 6.07) is 11.1. The van der Waals surface area contributed by atoms with Crippen LogP contribution in [-0.2, 0) is 20.1 Å². The molecule has 7 nitrogen and oxygen atoms in total. The highest BCUT2D eigenvalue weighted by Gasteiger charge is 2.17. The van der Waals surface area contributed by atoms with Crippen molar-refractivity contribution in [2.24, 2.45) is 7.05 Å². The molecule has 0 saturated heterocycles. The summed E-state index contributed by atoms with van der Waals surface area (Å²) in [5.41, 5.74) is 1.04. The molecule has 4 aromatic rings. The summed E-state index contributed by atoms with van der Waals surface area (Å²) >= 11 is 5.94. The summed E-state index contributed by atoms with van der Waals surface area (Å²) in [5.74, 6) is 1.93. The van der Waals surface area contributed by atoms with Crippen molar-refractivity contribution in [2.75, 3.05) is 0 Å². The third-order valence-corrected chi connectivity index (χ3v) is 5.31. The van der Waals surface area contributed by atoms with Gasteiger partial charge in [0.2, 0.25) is 0 Å². The number of hydrogen-bond donors (Lipinski definition) is 0. The van der Waals surface area contributed by atoms with Gasteiger partial charge in [0.1, 0.15) is 17.3 Å². The number of hydrogen-bond acceptors (Lipinski definition) is 4. The molecule has 0 saturated carbocycles. The van der Waals surface area contributed by atoms with Crippen LogP contribution in [0.15, 0.2) is 50.4 Å². The molecule has 0 atom stereocenters. The topological polar surface area (TPSA) is 75.0 Å². The lowest BCUT2D eigenvalue weighted by atomic mass is 10.2. The fourth-order valence-electron chi connectivity index (χ4n) is 3.46. The van der Waals surface area contributed by atoms with Gasteiger partial charge in [-0.1, -0.05) is 11.6 Å². The van der Waals surface area contributed by atoms with Crippen LogP contribution >= 0.6 is 11.6 Å². The Morgan fingerprint density at radius 2 is 1.70 bits per heavy atom. The monoisotopic (exact) mass is 424 g/mol. The maximum atomic E-state index is 12.8. The maximum Gasteiger partial charge on any atom is 0.332 e. The molecule has 154 valence electrons. The summed E-state index contributed by atoms with van der Waals surface area (Å²) < 4.78 is 10.3. The van der Waals surface area contributed by atoms with E-state index in [-0.39, 0.29) is 11.2 Å². The molecule has 30 heavy (non-hydrogen) atoms. The number of rotatable bonds is 5. The van der Waals surface area contributed by atoms with Gasteiger partial charge in [-0.05, 0) is 62.4 Å². The van der Waals surface area contributed by atoms with E-state index in [1.807, 2.05) is 43.3 Å². The van der Waals surface area contributed by atoms with E-state index in [9.17, 15) is 9.59 Å².